The number of carbonyl (C=O) groups is 1. The van der Waals surface area contributed by atoms with E-state index in [9.17, 15) is 4.79 Å². The van der Waals surface area contributed by atoms with E-state index in [-0.39, 0.29) is 39.9 Å². The van der Waals surface area contributed by atoms with Crippen LogP contribution in [0, 0.1) is 11.8 Å². The van der Waals surface area contributed by atoms with Gasteiger partial charge in [-0.1, -0.05) is 27.8 Å². The van der Waals surface area contributed by atoms with E-state index < -0.39 is 0 Å². The zero-order valence-corrected chi connectivity index (χ0v) is 15.0. The van der Waals surface area contributed by atoms with Gasteiger partial charge in [0.05, 0.1) is 13.1 Å². The summed E-state index contributed by atoms with van der Waals surface area (Å²) in [7, 11) is 2.04. The molecule has 0 spiro atoms. The normalized spacial score (nSPS) is 13.8. The van der Waals surface area contributed by atoms with Crippen molar-refractivity contribution in [1.29, 1.82) is 0 Å². The maximum absolute atomic E-state index is 11.2. The quantitative estimate of drug-likeness (QED) is 0.499. The largest absolute Gasteiger partial charge is 0.332 e. The molecule has 1 aliphatic heterocycles. The predicted octanol–water partition coefficient (Wildman–Crippen LogP) is 2.09. The third-order valence-electron chi connectivity index (χ3n) is 2.38. The number of halogens is 3. The molecular weight excluding hydrogens is 416 g/mol. The Morgan fingerprint density at radius 1 is 1.41 bits per heavy atom. The molecule has 100 valence electrons. The molecule has 0 radical (unpaired) electrons. The van der Waals surface area contributed by atoms with Crippen molar-refractivity contribution in [2.24, 2.45) is 0 Å². The lowest BCUT2D eigenvalue weighted by Gasteiger charge is -2.11. The summed E-state index contributed by atoms with van der Waals surface area (Å²) in [6.07, 6.45) is 1.69. The van der Waals surface area contributed by atoms with E-state index in [2.05, 4.69) is 32.7 Å². The first-order valence-electron chi connectivity index (χ1n) is 5.22. The number of alkyl halides is 1. The lowest BCUT2D eigenvalue weighted by molar-refractivity contribution is -0.127. The van der Waals surface area contributed by atoms with Crippen LogP contribution in [0.1, 0.15) is 12.8 Å². The van der Waals surface area contributed by atoms with Crippen LogP contribution in [0.3, 0.4) is 0 Å². The summed E-state index contributed by atoms with van der Waals surface area (Å²) >= 11 is 3.38. The number of hydrogen-bond donors (Lipinski definition) is 0. The van der Waals surface area contributed by atoms with Crippen LogP contribution in [0.5, 0.6) is 0 Å². The first-order valence-corrected chi connectivity index (χ1v) is 6.34. The average molecular weight is 435 g/mol. The van der Waals surface area contributed by atoms with E-state index >= 15 is 0 Å². The van der Waals surface area contributed by atoms with E-state index in [1.165, 1.54) is 0 Å². The van der Waals surface area contributed by atoms with Gasteiger partial charge in [-0.25, -0.2) is 0 Å². The van der Waals surface area contributed by atoms with E-state index in [1.54, 1.807) is 0 Å². The molecule has 0 unspecified atom stereocenters. The highest BCUT2D eigenvalue weighted by Gasteiger charge is 2.18. The molecule has 0 aromatic carbocycles. The molecule has 0 bridgehead atoms. The summed E-state index contributed by atoms with van der Waals surface area (Å²) in [4.78, 5) is 15.2. The topological polar surface area (TPSA) is 23.6 Å². The predicted molar refractivity (Wildman–Crippen MR) is 85.5 cm³/mol. The van der Waals surface area contributed by atoms with Crippen molar-refractivity contribution in [3.8, 4) is 11.8 Å². The Bertz CT molecular complexity index is 276. The molecule has 1 rings (SSSR count). The van der Waals surface area contributed by atoms with Crippen molar-refractivity contribution < 1.29 is 4.79 Å². The minimum Gasteiger partial charge on any atom is -0.332 e. The smallest absolute Gasteiger partial charge is 0.223 e. The van der Waals surface area contributed by atoms with Crippen LogP contribution in [-0.2, 0) is 4.79 Å². The van der Waals surface area contributed by atoms with Crippen molar-refractivity contribution in [3.05, 3.63) is 0 Å². The highest BCUT2D eigenvalue weighted by molar-refractivity contribution is 9.09. The van der Waals surface area contributed by atoms with Crippen LogP contribution in [0.15, 0.2) is 0 Å². The minimum atomic E-state index is 0. The Morgan fingerprint density at radius 3 is 2.65 bits per heavy atom. The van der Waals surface area contributed by atoms with Crippen LogP contribution in [0.25, 0.3) is 0 Å². The maximum atomic E-state index is 11.2. The first kappa shape index (κ1) is 19.8. The fourth-order valence-corrected chi connectivity index (χ4v) is 2.04. The summed E-state index contributed by atoms with van der Waals surface area (Å²) < 4.78 is 0. The Morgan fingerprint density at radius 2 is 2.12 bits per heavy atom. The second kappa shape index (κ2) is 11.5. The fourth-order valence-electron chi connectivity index (χ4n) is 1.44. The summed E-state index contributed by atoms with van der Waals surface area (Å²) in [6.45, 7) is 3.25. The molecule has 1 heterocycles. The molecule has 0 saturated carbocycles. The van der Waals surface area contributed by atoms with E-state index in [0.29, 0.717) is 13.0 Å². The van der Waals surface area contributed by atoms with Gasteiger partial charge in [0, 0.05) is 24.8 Å². The molecule has 1 fully saturated rings. The Labute approximate surface area is 133 Å². The molecule has 1 saturated heterocycles. The summed E-state index contributed by atoms with van der Waals surface area (Å²) in [5, 5.41) is 0.968. The number of carbonyl (C=O) groups excluding carboxylic acids is 1. The molecule has 1 amide bonds. The third kappa shape index (κ3) is 8.20. The van der Waals surface area contributed by atoms with Gasteiger partial charge in [0.2, 0.25) is 5.91 Å². The molecule has 0 atom stereocenters. The van der Waals surface area contributed by atoms with E-state index in [4.69, 9.17) is 0 Å². The van der Waals surface area contributed by atoms with Gasteiger partial charge in [0.15, 0.2) is 0 Å². The monoisotopic (exact) mass is 432 g/mol. The van der Waals surface area contributed by atoms with Crippen molar-refractivity contribution in [3.63, 3.8) is 0 Å². The molecule has 0 aromatic rings. The van der Waals surface area contributed by atoms with Crippen LogP contribution in [-0.4, -0.2) is 54.3 Å². The molecule has 17 heavy (non-hydrogen) atoms. The average Bonchev–Trinajstić information content (AvgIpc) is 2.60. The van der Waals surface area contributed by atoms with E-state index in [0.717, 1.165) is 31.4 Å². The number of amides is 1. The number of likely N-dealkylation sites (tertiary alicyclic amines) is 1. The highest BCUT2D eigenvalue weighted by Crippen LogP contribution is 2.07. The molecule has 0 aliphatic carbocycles. The Hall–Kier alpha value is 0.430. The SMILES string of the molecule is Br.Br.CN(CC#CCN1CCCC1=O)CCBr. The van der Waals surface area contributed by atoms with Gasteiger partial charge in [-0.15, -0.1) is 34.0 Å². The summed E-state index contributed by atoms with van der Waals surface area (Å²) in [5.74, 6) is 6.37. The number of rotatable bonds is 4. The lowest BCUT2D eigenvalue weighted by atomic mass is 10.4. The summed E-state index contributed by atoms with van der Waals surface area (Å²) in [5.41, 5.74) is 0. The van der Waals surface area contributed by atoms with Crippen molar-refractivity contribution in [2.75, 3.05) is 38.6 Å². The standard InChI is InChI=1S/C11H17BrN2O.2BrH/c1-13(10-6-12)7-2-3-8-14-9-4-5-11(14)15;;/h4-10H2,1H3;2*1H. The van der Waals surface area contributed by atoms with Gasteiger partial charge < -0.3 is 4.90 Å². The van der Waals surface area contributed by atoms with Gasteiger partial charge in [-0.05, 0) is 13.5 Å². The zero-order valence-electron chi connectivity index (χ0n) is 9.95. The van der Waals surface area contributed by atoms with Crippen molar-refractivity contribution >= 4 is 55.8 Å². The molecule has 3 nitrogen and oxygen atoms in total. The number of nitrogens with zero attached hydrogens (tertiary/aromatic N) is 2. The third-order valence-corrected chi connectivity index (χ3v) is 2.74. The summed E-state index contributed by atoms with van der Waals surface area (Å²) in [6, 6.07) is 0. The molecule has 0 N–H and O–H groups in total. The minimum absolute atomic E-state index is 0. The fraction of sp³-hybridized carbons (Fsp3) is 0.727. The van der Waals surface area contributed by atoms with Gasteiger partial charge >= 0.3 is 0 Å². The van der Waals surface area contributed by atoms with Gasteiger partial charge in [0.25, 0.3) is 0 Å². The van der Waals surface area contributed by atoms with Crippen molar-refractivity contribution in [2.45, 2.75) is 12.8 Å². The first-order chi connectivity index (χ1) is 7.24. The van der Waals surface area contributed by atoms with Gasteiger partial charge in [0.1, 0.15) is 0 Å². The molecule has 6 heteroatoms. The van der Waals surface area contributed by atoms with Crippen LogP contribution >= 0.6 is 49.9 Å². The maximum Gasteiger partial charge on any atom is 0.223 e. The molecule has 1 aliphatic rings. The lowest BCUT2D eigenvalue weighted by Crippen LogP contribution is -2.25. The number of hydrogen-bond acceptors (Lipinski definition) is 2. The Balaban J connectivity index is 0. The zero-order chi connectivity index (χ0) is 11.1. The molecular formula is C11H19Br3N2O. The second-order valence-electron chi connectivity index (χ2n) is 3.70. The van der Waals surface area contributed by atoms with Gasteiger partial charge in [-0.2, -0.15) is 0 Å². The van der Waals surface area contributed by atoms with Crippen LogP contribution in [0.4, 0.5) is 0 Å². The van der Waals surface area contributed by atoms with Crippen LogP contribution < -0.4 is 0 Å². The Kier molecular flexibility index (Phi) is 13.4. The van der Waals surface area contributed by atoms with Crippen LogP contribution in [0.2, 0.25) is 0 Å². The molecule has 0 aromatic heterocycles. The van der Waals surface area contributed by atoms with E-state index in [1.807, 2.05) is 11.9 Å². The van der Waals surface area contributed by atoms with Gasteiger partial charge in [-0.3, -0.25) is 9.69 Å². The highest BCUT2D eigenvalue weighted by atomic mass is 79.9. The second-order valence-corrected chi connectivity index (χ2v) is 4.49. The van der Waals surface area contributed by atoms with Crippen molar-refractivity contribution in [1.82, 2.24) is 9.80 Å².